The lowest BCUT2D eigenvalue weighted by Crippen LogP contribution is -2.43. The number of carbonyl (C=O) groups excluding carboxylic acids is 1. The first kappa shape index (κ1) is 18.0. The predicted octanol–water partition coefficient (Wildman–Crippen LogP) is 2.18. The number of benzene rings is 1. The molecule has 1 N–H and O–H groups in total. The van der Waals surface area contributed by atoms with E-state index < -0.39 is 10.0 Å². The summed E-state index contributed by atoms with van der Waals surface area (Å²) >= 11 is 5.81. The summed E-state index contributed by atoms with van der Waals surface area (Å²) < 4.78 is 26.4. The highest BCUT2D eigenvalue weighted by Gasteiger charge is 2.30. The third kappa shape index (κ3) is 5.06. The summed E-state index contributed by atoms with van der Waals surface area (Å²) in [4.78, 5) is 11.9. The maximum atomic E-state index is 12.5. The van der Waals surface area contributed by atoms with Crippen LogP contribution in [0.2, 0.25) is 5.02 Å². The predicted molar refractivity (Wildman–Crippen MR) is 91.6 cm³/mol. The molecule has 126 valence electrons. The number of amides is 1. The number of sulfonamides is 1. The minimum absolute atomic E-state index is 0.0281. The van der Waals surface area contributed by atoms with E-state index in [0.29, 0.717) is 43.1 Å². The fourth-order valence-electron chi connectivity index (χ4n) is 2.60. The number of nitrogens with zero attached hydrogens (tertiary/aromatic N) is 1. The lowest BCUT2D eigenvalue weighted by atomic mass is 9.97. The van der Waals surface area contributed by atoms with Crippen molar-refractivity contribution in [3.8, 4) is 0 Å². The molecule has 1 aliphatic rings. The molecule has 1 saturated heterocycles. The van der Waals surface area contributed by atoms with E-state index in [0.717, 1.165) is 0 Å². The molecule has 1 aliphatic heterocycles. The summed E-state index contributed by atoms with van der Waals surface area (Å²) in [6, 6.07) is 6.80. The molecular formula is C16H21ClN2O3S. The van der Waals surface area contributed by atoms with Crippen LogP contribution >= 0.6 is 11.6 Å². The van der Waals surface area contributed by atoms with E-state index in [1.165, 1.54) is 4.31 Å². The first-order valence-corrected chi connectivity index (χ1v) is 9.52. The minimum atomic E-state index is -3.37. The van der Waals surface area contributed by atoms with Crippen LogP contribution in [-0.4, -0.2) is 38.3 Å². The molecule has 0 unspecified atom stereocenters. The van der Waals surface area contributed by atoms with Crippen molar-refractivity contribution in [3.05, 3.63) is 47.5 Å². The Kier molecular flexibility index (Phi) is 6.21. The zero-order valence-electron chi connectivity index (χ0n) is 12.9. The summed E-state index contributed by atoms with van der Waals surface area (Å²) in [6.07, 6.45) is 2.72. The molecule has 1 fully saturated rings. The van der Waals surface area contributed by atoms with Gasteiger partial charge in [-0.05, 0) is 30.5 Å². The second-order valence-corrected chi connectivity index (χ2v) is 8.00. The second-order valence-electron chi connectivity index (χ2n) is 5.59. The topological polar surface area (TPSA) is 66.5 Å². The van der Waals surface area contributed by atoms with Gasteiger partial charge in [0.05, 0.1) is 5.75 Å². The van der Waals surface area contributed by atoms with Gasteiger partial charge in [-0.2, -0.15) is 0 Å². The van der Waals surface area contributed by atoms with Crippen LogP contribution in [-0.2, 0) is 20.6 Å². The molecule has 0 aromatic heterocycles. The summed E-state index contributed by atoms with van der Waals surface area (Å²) in [6.45, 7) is 4.75. The van der Waals surface area contributed by atoms with Crippen molar-refractivity contribution in [3.63, 3.8) is 0 Å². The Morgan fingerprint density at radius 1 is 1.30 bits per heavy atom. The average molecular weight is 357 g/mol. The number of rotatable bonds is 6. The van der Waals surface area contributed by atoms with E-state index in [1.807, 2.05) is 0 Å². The molecule has 1 aromatic rings. The SMILES string of the molecule is C=CCNC(=O)C1CCN(S(=O)(=O)Cc2ccc(Cl)cc2)CC1. The summed E-state index contributed by atoms with van der Waals surface area (Å²) in [5.41, 5.74) is 0.709. The lowest BCUT2D eigenvalue weighted by Gasteiger charge is -2.30. The van der Waals surface area contributed by atoms with Crippen LogP contribution in [0.3, 0.4) is 0 Å². The first-order valence-electron chi connectivity index (χ1n) is 7.53. The number of piperidine rings is 1. The van der Waals surface area contributed by atoms with Crippen molar-refractivity contribution >= 4 is 27.5 Å². The molecule has 0 aliphatic carbocycles. The van der Waals surface area contributed by atoms with Crippen molar-refractivity contribution in [1.29, 1.82) is 0 Å². The number of nitrogens with one attached hydrogen (secondary N) is 1. The molecule has 0 saturated carbocycles. The molecule has 23 heavy (non-hydrogen) atoms. The molecule has 0 radical (unpaired) electrons. The van der Waals surface area contributed by atoms with Crippen molar-refractivity contribution in [2.45, 2.75) is 18.6 Å². The first-order chi connectivity index (χ1) is 10.9. The van der Waals surface area contributed by atoms with Gasteiger partial charge in [0.25, 0.3) is 0 Å². The molecule has 5 nitrogen and oxygen atoms in total. The van der Waals surface area contributed by atoms with Crippen LogP contribution in [0.4, 0.5) is 0 Å². The van der Waals surface area contributed by atoms with Gasteiger partial charge in [-0.25, -0.2) is 12.7 Å². The number of halogens is 1. The maximum absolute atomic E-state index is 12.5. The monoisotopic (exact) mass is 356 g/mol. The Morgan fingerprint density at radius 2 is 1.91 bits per heavy atom. The van der Waals surface area contributed by atoms with E-state index in [1.54, 1.807) is 30.3 Å². The van der Waals surface area contributed by atoms with Crippen LogP contribution in [0.1, 0.15) is 18.4 Å². The fourth-order valence-corrected chi connectivity index (χ4v) is 4.29. The zero-order valence-corrected chi connectivity index (χ0v) is 14.4. The molecule has 0 bridgehead atoms. The normalized spacial score (nSPS) is 16.9. The van der Waals surface area contributed by atoms with Gasteiger partial charge in [0.2, 0.25) is 15.9 Å². The van der Waals surface area contributed by atoms with Gasteiger partial charge in [0.1, 0.15) is 0 Å². The lowest BCUT2D eigenvalue weighted by molar-refractivity contribution is -0.125. The highest BCUT2D eigenvalue weighted by molar-refractivity contribution is 7.88. The number of hydrogen-bond acceptors (Lipinski definition) is 3. The number of carbonyl (C=O) groups is 1. The molecule has 0 atom stereocenters. The Hall–Kier alpha value is -1.37. The molecule has 1 amide bonds. The smallest absolute Gasteiger partial charge is 0.223 e. The Morgan fingerprint density at radius 3 is 2.48 bits per heavy atom. The highest BCUT2D eigenvalue weighted by atomic mass is 35.5. The fraction of sp³-hybridized carbons (Fsp3) is 0.438. The van der Waals surface area contributed by atoms with E-state index in [4.69, 9.17) is 11.6 Å². The van der Waals surface area contributed by atoms with Crippen LogP contribution in [0, 0.1) is 5.92 Å². The van der Waals surface area contributed by atoms with Gasteiger partial charge in [-0.1, -0.05) is 29.8 Å². The highest BCUT2D eigenvalue weighted by Crippen LogP contribution is 2.22. The van der Waals surface area contributed by atoms with Gasteiger partial charge in [0.15, 0.2) is 0 Å². The van der Waals surface area contributed by atoms with Gasteiger partial charge < -0.3 is 5.32 Å². The second kappa shape index (κ2) is 7.95. The van der Waals surface area contributed by atoms with Crippen molar-refractivity contribution in [2.24, 2.45) is 5.92 Å². The third-order valence-corrected chi connectivity index (χ3v) is 6.00. The van der Waals surface area contributed by atoms with Crippen LogP contribution in [0.25, 0.3) is 0 Å². The summed E-state index contributed by atoms with van der Waals surface area (Å²) in [7, 11) is -3.37. The maximum Gasteiger partial charge on any atom is 0.223 e. The minimum Gasteiger partial charge on any atom is -0.352 e. The van der Waals surface area contributed by atoms with E-state index in [9.17, 15) is 13.2 Å². The zero-order chi connectivity index (χ0) is 16.9. The summed E-state index contributed by atoms with van der Waals surface area (Å²) in [5, 5.41) is 3.34. The third-order valence-electron chi connectivity index (χ3n) is 3.90. The van der Waals surface area contributed by atoms with E-state index in [-0.39, 0.29) is 17.6 Å². The number of hydrogen-bond donors (Lipinski definition) is 1. The van der Waals surface area contributed by atoms with Gasteiger partial charge in [0, 0.05) is 30.6 Å². The van der Waals surface area contributed by atoms with Gasteiger partial charge in [-0.15, -0.1) is 6.58 Å². The van der Waals surface area contributed by atoms with Crippen LogP contribution in [0.15, 0.2) is 36.9 Å². The molecule has 1 heterocycles. The molecular weight excluding hydrogens is 336 g/mol. The molecule has 2 rings (SSSR count). The Balaban J connectivity index is 1.91. The van der Waals surface area contributed by atoms with Crippen LogP contribution < -0.4 is 5.32 Å². The largest absolute Gasteiger partial charge is 0.352 e. The van der Waals surface area contributed by atoms with Crippen molar-refractivity contribution in [2.75, 3.05) is 19.6 Å². The molecule has 1 aromatic carbocycles. The quantitative estimate of drug-likeness (QED) is 0.794. The van der Waals surface area contributed by atoms with Crippen molar-refractivity contribution < 1.29 is 13.2 Å². The standard InChI is InChI=1S/C16H21ClN2O3S/c1-2-9-18-16(20)14-7-10-19(11-8-14)23(21,22)12-13-3-5-15(17)6-4-13/h2-6,14H,1,7-12H2,(H,18,20). The van der Waals surface area contributed by atoms with Crippen molar-refractivity contribution in [1.82, 2.24) is 9.62 Å². The Labute approximate surface area is 142 Å². The summed E-state index contributed by atoms with van der Waals surface area (Å²) in [5.74, 6) is -0.200. The Bertz CT molecular complexity index is 650. The van der Waals surface area contributed by atoms with Crippen LogP contribution in [0.5, 0.6) is 0 Å². The van der Waals surface area contributed by atoms with E-state index in [2.05, 4.69) is 11.9 Å². The average Bonchev–Trinajstić information content (AvgIpc) is 2.54. The van der Waals surface area contributed by atoms with Gasteiger partial charge in [-0.3, -0.25) is 4.79 Å². The van der Waals surface area contributed by atoms with Gasteiger partial charge >= 0.3 is 0 Å². The molecule has 7 heteroatoms. The van der Waals surface area contributed by atoms with E-state index >= 15 is 0 Å². The molecule has 0 spiro atoms.